The molecule has 0 bridgehead atoms. The molecule has 0 amide bonds. The molecule has 0 aromatic carbocycles. The standard InChI is InChI=1S/C15H28O5/c16-12-8-4-2-1-3-5-9-13-20-15(19)11-7-6-10-14(17)18/h16H,1-13H2,(H,17,18). The Labute approximate surface area is 121 Å². The maximum absolute atomic E-state index is 11.3. The largest absolute Gasteiger partial charge is 0.481 e. The maximum Gasteiger partial charge on any atom is 0.305 e. The van der Waals surface area contributed by atoms with E-state index in [9.17, 15) is 9.59 Å². The van der Waals surface area contributed by atoms with Crippen molar-refractivity contribution in [2.24, 2.45) is 0 Å². The zero-order chi connectivity index (χ0) is 15.1. The monoisotopic (exact) mass is 288 g/mol. The number of aliphatic hydroxyl groups excluding tert-OH is 1. The third kappa shape index (κ3) is 15.0. The number of rotatable bonds is 14. The van der Waals surface area contributed by atoms with Crippen LogP contribution >= 0.6 is 0 Å². The van der Waals surface area contributed by atoms with E-state index in [0.717, 1.165) is 38.5 Å². The van der Waals surface area contributed by atoms with Crippen molar-refractivity contribution in [2.45, 2.75) is 70.6 Å². The minimum atomic E-state index is -0.822. The predicted molar refractivity (Wildman–Crippen MR) is 76.5 cm³/mol. The van der Waals surface area contributed by atoms with E-state index in [1.807, 2.05) is 0 Å². The molecule has 0 aromatic heterocycles. The van der Waals surface area contributed by atoms with Gasteiger partial charge in [-0.05, 0) is 25.7 Å². The number of hydrogen-bond donors (Lipinski definition) is 2. The van der Waals surface area contributed by atoms with E-state index in [4.69, 9.17) is 14.9 Å². The van der Waals surface area contributed by atoms with Crippen LogP contribution in [-0.4, -0.2) is 35.4 Å². The molecule has 0 aliphatic carbocycles. The Morgan fingerprint density at radius 2 is 1.30 bits per heavy atom. The van der Waals surface area contributed by atoms with Gasteiger partial charge in [0, 0.05) is 19.4 Å². The summed E-state index contributed by atoms with van der Waals surface area (Å²) in [6.45, 7) is 0.747. The average Bonchev–Trinajstić information content (AvgIpc) is 2.41. The summed E-state index contributed by atoms with van der Waals surface area (Å²) in [4.78, 5) is 21.6. The smallest absolute Gasteiger partial charge is 0.305 e. The summed E-state index contributed by atoms with van der Waals surface area (Å²) in [6, 6.07) is 0. The van der Waals surface area contributed by atoms with E-state index in [-0.39, 0.29) is 19.0 Å². The molecule has 20 heavy (non-hydrogen) atoms. The van der Waals surface area contributed by atoms with Crippen molar-refractivity contribution >= 4 is 11.9 Å². The Morgan fingerprint density at radius 3 is 1.90 bits per heavy atom. The molecule has 0 radical (unpaired) electrons. The van der Waals surface area contributed by atoms with Gasteiger partial charge in [-0.2, -0.15) is 0 Å². The second kappa shape index (κ2) is 14.3. The minimum absolute atomic E-state index is 0.115. The van der Waals surface area contributed by atoms with Crippen LogP contribution in [0.5, 0.6) is 0 Å². The van der Waals surface area contributed by atoms with Crippen LogP contribution in [0.15, 0.2) is 0 Å². The van der Waals surface area contributed by atoms with Crippen LogP contribution in [0.4, 0.5) is 0 Å². The molecule has 0 atom stereocenters. The van der Waals surface area contributed by atoms with Crippen molar-refractivity contribution in [1.29, 1.82) is 0 Å². The normalized spacial score (nSPS) is 10.4. The van der Waals surface area contributed by atoms with Crippen LogP contribution < -0.4 is 0 Å². The first-order valence-electron chi connectivity index (χ1n) is 7.65. The lowest BCUT2D eigenvalue weighted by Crippen LogP contribution is -2.06. The first-order valence-corrected chi connectivity index (χ1v) is 7.65. The number of carbonyl (C=O) groups is 2. The quantitative estimate of drug-likeness (QED) is 0.379. The molecular weight excluding hydrogens is 260 g/mol. The van der Waals surface area contributed by atoms with Crippen LogP contribution in [0.25, 0.3) is 0 Å². The second-order valence-corrected chi connectivity index (χ2v) is 5.02. The van der Waals surface area contributed by atoms with Crippen LogP contribution in [0, 0.1) is 0 Å². The van der Waals surface area contributed by atoms with Gasteiger partial charge in [0.05, 0.1) is 6.61 Å². The SMILES string of the molecule is O=C(O)CCCCC(=O)OCCCCCCCCCO. The average molecular weight is 288 g/mol. The van der Waals surface area contributed by atoms with E-state index in [1.54, 1.807) is 0 Å². The van der Waals surface area contributed by atoms with E-state index >= 15 is 0 Å². The topological polar surface area (TPSA) is 83.8 Å². The fourth-order valence-corrected chi connectivity index (χ4v) is 1.90. The van der Waals surface area contributed by atoms with Crippen molar-refractivity contribution < 1.29 is 24.5 Å². The molecule has 0 saturated carbocycles. The Morgan fingerprint density at radius 1 is 0.750 bits per heavy atom. The lowest BCUT2D eigenvalue weighted by molar-refractivity contribution is -0.144. The van der Waals surface area contributed by atoms with E-state index < -0.39 is 5.97 Å². The molecule has 0 saturated heterocycles. The number of aliphatic hydroxyl groups is 1. The molecule has 0 aliphatic rings. The third-order valence-corrected chi connectivity index (χ3v) is 3.09. The molecule has 5 nitrogen and oxygen atoms in total. The minimum Gasteiger partial charge on any atom is -0.481 e. The summed E-state index contributed by atoms with van der Waals surface area (Å²) < 4.78 is 5.07. The van der Waals surface area contributed by atoms with Gasteiger partial charge in [0.1, 0.15) is 0 Å². The van der Waals surface area contributed by atoms with E-state index in [2.05, 4.69) is 0 Å². The summed E-state index contributed by atoms with van der Waals surface area (Å²) >= 11 is 0. The number of aliphatic carboxylic acids is 1. The summed E-state index contributed by atoms with van der Waals surface area (Å²) in [5, 5.41) is 17.1. The summed E-state index contributed by atoms with van der Waals surface area (Å²) in [5.74, 6) is -1.05. The molecular formula is C15H28O5. The molecule has 0 spiro atoms. The first-order chi connectivity index (χ1) is 9.66. The fraction of sp³-hybridized carbons (Fsp3) is 0.867. The van der Waals surface area contributed by atoms with Crippen LogP contribution in [0.3, 0.4) is 0 Å². The Balaban J connectivity index is 3.17. The van der Waals surface area contributed by atoms with Gasteiger partial charge in [-0.1, -0.05) is 32.1 Å². The van der Waals surface area contributed by atoms with Crippen molar-refractivity contribution in [3.8, 4) is 0 Å². The molecule has 118 valence electrons. The maximum atomic E-state index is 11.3. The lowest BCUT2D eigenvalue weighted by atomic mass is 10.1. The van der Waals surface area contributed by atoms with Crippen molar-refractivity contribution in [2.75, 3.05) is 13.2 Å². The zero-order valence-electron chi connectivity index (χ0n) is 12.3. The third-order valence-electron chi connectivity index (χ3n) is 3.09. The number of ether oxygens (including phenoxy) is 1. The molecule has 0 heterocycles. The van der Waals surface area contributed by atoms with Gasteiger partial charge in [0.15, 0.2) is 0 Å². The Hall–Kier alpha value is -1.10. The van der Waals surface area contributed by atoms with Crippen LogP contribution in [-0.2, 0) is 14.3 Å². The highest BCUT2D eigenvalue weighted by atomic mass is 16.5. The second-order valence-electron chi connectivity index (χ2n) is 5.02. The molecule has 2 N–H and O–H groups in total. The summed E-state index contributed by atoms with van der Waals surface area (Å²) in [6.07, 6.45) is 8.93. The van der Waals surface area contributed by atoms with Gasteiger partial charge in [0.2, 0.25) is 0 Å². The molecule has 0 aromatic rings. The van der Waals surface area contributed by atoms with Crippen molar-refractivity contribution in [3.63, 3.8) is 0 Å². The first kappa shape index (κ1) is 18.9. The number of carbonyl (C=O) groups excluding carboxylic acids is 1. The fourth-order valence-electron chi connectivity index (χ4n) is 1.90. The molecule has 0 unspecified atom stereocenters. The van der Waals surface area contributed by atoms with E-state index in [1.165, 1.54) is 6.42 Å². The highest BCUT2D eigenvalue weighted by Crippen LogP contribution is 2.07. The van der Waals surface area contributed by atoms with Crippen LogP contribution in [0.2, 0.25) is 0 Å². The zero-order valence-corrected chi connectivity index (χ0v) is 12.3. The summed E-state index contributed by atoms with van der Waals surface area (Å²) in [5.41, 5.74) is 0. The highest BCUT2D eigenvalue weighted by Gasteiger charge is 2.03. The molecule has 0 fully saturated rings. The highest BCUT2D eigenvalue weighted by molar-refractivity contribution is 5.69. The Kier molecular flexibility index (Phi) is 13.5. The lowest BCUT2D eigenvalue weighted by Gasteiger charge is -2.04. The van der Waals surface area contributed by atoms with Crippen molar-refractivity contribution in [3.05, 3.63) is 0 Å². The number of unbranched alkanes of at least 4 members (excludes halogenated alkanes) is 7. The number of esters is 1. The van der Waals surface area contributed by atoms with Gasteiger partial charge in [-0.3, -0.25) is 9.59 Å². The van der Waals surface area contributed by atoms with Crippen molar-refractivity contribution in [1.82, 2.24) is 0 Å². The molecule has 5 heteroatoms. The van der Waals surface area contributed by atoms with Crippen LogP contribution in [0.1, 0.15) is 70.6 Å². The van der Waals surface area contributed by atoms with Gasteiger partial charge >= 0.3 is 11.9 Å². The molecule has 0 rings (SSSR count). The van der Waals surface area contributed by atoms with Gasteiger partial charge in [0.25, 0.3) is 0 Å². The molecule has 0 aliphatic heterocycles. The van der Waals surface area contributed by atoms with Gasteiger partial charge in [-0.15, -0.1) is 0 Å². The number of hydrogen-bond acceptors (Lipinski definition) is 4. The number of carboxylic acid groups (broad SMARTS) is 1. The Bertz CT molecular complexity index is 253. The van der Waals surface area contributed by atoms with E-state index in [0.29, 0.717) is 25.9 Å². The predicted octanol–water partition coefficient (Wildman–Crippen LogP) is 2.90. The van der Waals surface area contributed by atoms with Gasteiger partial charge in [-0.25, -0.2) is 0 Å². The van der Waals surface area contributed by atoms with Gasteiger partial charge < -0.3 is 14.9 Å². The number of carboxylic acids is 1. The summed E-state index contributed by atoms with van der Waals surface area (Å²) in [7, 11) is 0.